The van der Waals surface area contributed by atoms with E-state index in [2.05, 4.69) is 42.5 Å². The van der Waals surface area contributed by atoms with Gasteiger partial charge in [0.05, 0.1) is 0 Å². The largest absolute Gasteiger partial charge is 0.315 e. The number of likely N-dealkylation sites (N-methyl/N-ethyl adjacent to an activating group) is 2. The van der Waals surface area contributed by atoms with Gasteiger partial charge in [0.25, 0.3) is 0 Å². The zero-order valence-electron chi connectivity index (χ0n) is 13.5. The average Bonchev–Trinajstić information content (AvgIpc) is 2.86. The first-order valence-corrected chi connectivity index (χ1v) is 7.92. The molecule has 0 aromatic carbocycles. The molecule has 1 aliphatic rings. The van der Waals surface area contributed by atoms with Crippen molar-refractivity contribution in [2.45, 2.75) is 56.5 Å². The van der Waals surface area contributed by atoms with E-state index < -0.39 is 0 Å². The van der Waals surface area contributed by atoms with Crippen molar-refractivity contribution in [2.24, 2.45) is 7.05 Å². The lowest BCUT2D eigenvalue weighted by molar-refractivity contribution is 0.0564. The molecule has 20 heavy (non-hydrogen) atoms. The minimum Gasteiger partial charge on any atom is -0.315 e. The van der Waals surface area contributed by atoms with E-state index in [4.69, 9.17) is 0 Å². The predicted octanol–water partition coefficient (Wildman–Crippen LogP) is 2.21. The highest BCUT2D eigenvalue weighted by atomic mass is 15.3. The van der Waals surface area contributed by atoms with Crippen LogP contribution in [0.4, 0.5) is 0 Å². The van der Waals surface area contributed by atoms with E-state index in [-0.39, 0.29) is 0 Å². The molecule has 1 aromatic rings. The fourth-order valence-corrected chi connectivity index (χ4v) is 3.89. The van der Waals surface area contributed by atoms with Crippen LogP contribution in [0.15, 0.2) is 12.3 Å². The fourth-order valence-electron chi connectivity index (χ4n) is 3.89. The Morgan fingerprint density at radius 1 is 1.35 bits per heavy atom. The van der Waals surface area contributed by atoms with Crippen LogP contribution in [0, 0.1) is 0 Å². The highest BCUT2D eigenvalue weighted by Crippen LogP contribution is 2.36. The Balaban J connectivity index is 2.06. The lowest BCUT2D eigenvalue weighted by Gasteiger charge is -2.48. The zero-order valence-corrected chi connectivity index (χ0v) is 13.5. The van der Waals surface area contributed by atoms with Gasteiger partial charge in [-0.25, -0.2) is 0 Å². The van der Waals surface area contributed by atoms with Gasteiger partial charge in [-0.2, -0.15) is 5.10 Å². The quantitative estimate of drug-likeness (QED) is 0.866. The van der Waals surface area contributed by atoms with Crippen LogP contribution < -0.4 is 5.32 Å². The van der Waals surface area contributed by atoms with Crippen molar-refractivity contribution in [2.75, 3.05) is 21.1 Å². The number of hydrogen-bond acceptors (Lipinski definition) is 3. The van der Waals surface area contributed by atoms with Gasteiger partial charge >= 0.3 is 0 Å². The second-order valence-electron chi connectivity index (χ2n) is 6.38. The van der Waals surface area contributed by atoms with E-state index in [9.17, 15) is 0 Å². The molecule has 0 amide bonds. The van der Waals surface area contributed by atoms with E-state index >= 15 is 0 Å². The van der Waals surface area contributed by atoms with E-state index in [1.54, 1.807) is 0 Å². The molecule has 114 valence electrons. The Labute approximate surface area is 123 Å². The summed E-state index contributed by atoms with van der Waals surface area (Å²) in [4.78, 5) is 2.47. The van der Waals surface area contributed by atoms with Crippen molar-refractivity contribution in [3.8, 4) is 0 Å². The summed E-state index contributed by atoms with van der Waals surface area (Å²) in [5, 5.41) is 7.88. The highest BCUT2D eigenvalue weighted by Gasteiger charge is 2.40. The normalized spacial score (nSPS) is 20.2. The third-order valence-corrected chi connectivity index (χ3v) is 5.22. The van der Waals surface area contributed by atoms with Crippen molar-refractivity contribution in [3.63, 3.8) is 0 Å². The van der Waals surface area contributed by atoms with E-state index in [0.29, 0.717) is 11.6 Å². The molecular formula is C16H30N4. The van der Waals surface area contributed by atoms with Crippen LogP contribution >= 0.6 is 0 Å². The Hall–Kier alpha value is -0.870. The summed E-state index contributed by atoms with van der Waals surface area (Å²) in [5.74, 6) is 0. The molecule has 1 saturated carbocycles. The van der Waals surface area contributed by atoms with Crippen LogP contribution in [0.1, 0.15) is 44.2 Å². The lowest BCUT2D eigenvalue weighted by atomic mass is 9.74. The number of rotatable bonds is 6. The van der Waals surface area contributed by atoms with Crippen LogP contribution in [0.5, 0.6) is 0 Å². The summed E-state index contributed by atoms with van der Waals surface area (Å²) in [6, 6.07) is 2.68. The van der Waals surface area contributed by atoms with Gasteiger partial charge in [0.1, 0.15) is 0 Å². The summed E-state index contributed by atoms with van der Waals surface area (Å²) in [6.45, 7) is 0. The number of aryl methyl sites for hydroxylation is 2. The molecule has 1 aliphatic carbocycles. The Morgan fingerprint density at radius 2 is 2.05 bits per heavy atom. The Morgan fingerprint density at radius 3 is 2.55 bits per heavy atom. The second kappa shape index (κ2) is 6.72. The molecule has 1 fully saturated rings. The van der Waals surface area contributed by atoms with Gasteiger partial charge in [0.2, 0.25) is 0 Å². The van der Waals surface area contributed by atoms with Crippen molar-refractivity contribution in [1.82, 2.24) is 20.0 Å². The van der Waals surface area contributed by atoms with Gasteiger partial charge in [-0.15, -0.1) is 0 Å². The molecule has 4 nitrogen and oxygen atoms in total. The van der Waals surface area contributed by atoms with Crippen molar-refractivity contribution < 1.29 is 0 Å². The number of hydrogen-bond donors (Lipinski definition) is 1. The van der Waals surface area contributed by atoms with Crippen molar-refractivity contribution >= 4 is 0 Å². The van der Waals surface area contributed by atoms with Crippen molar-refractivity contribution in [3.05, 3.63) is 18.0 Å². The molecule has 0 radical (unpaired) electrons. The third-order valence-electron chi connectivity index (χ3n) is 5.22. The molecule has 0 aliphatic heterocycles. The molecule has 1 atom stereocenters. The predicted molar refractivity (Wildman–Crippen MR) is 83.9 cm³/mol. The summed E-state index contributed by atoms with van der Waals surface area (Å²) < 4.78 is 2.00. The average molecular weight is 278 g/mol. The maximum absolute atomic E-state index is 4.27. The third kappa shape index (κ3) is 3.07. The molecule has 1 aromatic heterocycles. The monoisotopic (exact) mass is 278 g/mol. The van der Waals surface area contributed by atoms with Gasteiger partial charge in [-0.1, -0.05) is 19.3 Å². The van der Waals surface area contributed by atoms with Gasteiger partial charge in [0, 0.05) is 30.5 Å². The van der Waals surface area contributed by atoms with E-state index in [1.807, 2.05) is 17.9 Å². The van der Waals surface area contributed by atoms with Gasteiger partial charge in [-0.05, 0) is 52.9 Å². The smallest absolute Gasteiger partial charge is 0.0492 e. The first kappa shape index (κ1) is 15.5. The lowest BCUT2D eigenvalue weighted by Crippen LogP contribution is -2.59. The molecule has 4 heteroatoms. The molecule has 1 N–H and O–H groups in total. The molecule has 0 saturated heterocycles. The summed E-state index contributed by atoms with van der Waals surface area (Å²) in [5.41, 5.74) is 1.65. The van der Waals surface area contributed by atoms with E-state index in [0.717, 1.165) is 6.42 Å². The van der Waals surface area contributed by atoms with Crippen LogP contribution in [0.3, 0.4) is 0 Å². The molecule has 0 spiro atoms. The maximum Gasteiger partial charge on any atom is 0.0492 e. The van der Waals surface area contributed by atoms with Gasteiger partial charge in [-0.3, -0.25) is 4.68 Å². The summed E-state index contributed by atoms with van der Waals surface area (Å²) in [6.07, 6.45) is 10.9. The second-order valence-corrected chi connectivity index (χ2v) is 6.38. The summed E-state index contributed by atoms with van der Waals surface area (Å²) >= 11 is 0. The number of nitrogens with zero attached hydrogens (tertiary/aromatic N) is 3. The Kier molecular flexibility index (Phi) is 5.22. The molecule has 1 heterocycles. The van der Waals surface area contributed by atoms with Crippen LogP contribution in [-0.4, -0.2) is 47.4 Å². The Bertz CT molecular complexity index is 404. The van der Waals surface area contributed by atoms with Crippen LogP contribution in [0.25, 0.3) is 0 Å². The molecule has 0 bridgehead atoms. The van der Waals surface area contributed by atoms with Crippen molar-refractivity contribution in [1.29, 1.82) is 0 Å². The minimum absolute atomic E-state index is 0.325. The number of nitrogens with one attached hydrogen (secondary N) is 1. The molecule has 1 unspecified atom stereocenters. The first-order valence-electron chi connectivity index (χ1n) is 7.92. The SMILES string of the molecule is CNC(CCc1ccnn1C)C1(N(C)C)CCCCC1. The minimum atomic E-state index is 0.325. The molecular weight excluding hydrogens is 248 g/mol. The van der Waals surface area contributed by atoms with E-state index in [1.165, 1.54) is 44.2 Å². The summed E-state index contributed by atoms with van der Waals surface area (Å²) in [7, 11) is 8.65. The maximum atomic E-state index is 4.27. The fraction of sp³-hybridized carbons (Fsp3) is 0.812. The standard InChI is InChI=1S/C16H30N4/c1-17-15(9-8-14-10-13-18-20(14)4)16(19(2)3)11-6-5-7-12-16/h10,13,15,17H,5-9,11-12H2,1-4H3. The highest BCUT2D eigenvalue weighted by molar-refractivity contribution is 5.05. The topological polar surface area (TPSA) is 33.1 Å². The first-order chi connectivity index (χ1) is 9.60. The molecule has 2 rings (SSSR count). The van der Waals surface area contributed by atoms with Crippen LogP contribution in [-0.2, 0) is 13.5 Å². The van der Waals surface area contributed by atoms with Gasteiger partial charge < -0.3 is 10.2 Å². The van der Waals surface area contributed by atoms with Gasteiger partial charge in [0.15, 0.2) is 0 Å². The van der Waals surface area contributed by atoms with Crippen LogP contribution in [0.2, 0.25) is 0 Å². The zero-order chi connectivity index (χ0) is 14.6. The number of aromatic nitrogens is 2.